The molecular weight excluding hydrogens is 428 g/mol. The van der Waals surface area contributed by atoms with E-state index < -0.39 is 20.3 Å². The van der Waals surface area contributed by atoms with Gasteiger partial charge in [0, 0.05) is 6.10 Å². The topological polar surface area (TPSA) is 55.8 Å². The van der Waals surface area contributed by atoms with E-state index in [0.29, 0.717) is 6.42 Å². The number of carbonyl (C=O) groups is 1. The Kier molecular flexibility index (Phi) is 6.86. The summed E-state index contributed by atoms with van der Waals surface area (Å²) in [4.78, 5) is 12.3. The lowest BCUT2D eigenvalue weighted by atomic mass is 9.66. The van der Waals surface area contributed by atoms with Gasteiger partial charge in [0.15, 0.2) is 0 Å². The van der Waals surface area contributed by atoms with Gasteiger partial charge in [-0.05, 0) is 52.9 Å². The second-order valence-electron chi connectivity index (χ2n) is 11.0. The molecule has 0 aromatic heterocycles. The monoisotopic (exact) mass is 466 g/mol. The summed E-state index contributed by atoms with van der Waals surface area (Å²) < 4.78 is 12.4. The van der Waals surface area contributed by atoms with Gasteiger partial charge in [0.05, 0.1) is 19.1 Å². The van der Waals surface area contributed by atoms with Crippen LogP contribution >= 0.6 is 0 Å². The molecule has 0 bridgehead atoms. The first-order valence-electron chi connectivity index (χ1n) is 12.3. The van der Waals surface area contributed by atoms with Crippen molar-refractivity contribution < 1.29 is 19.1 Å². The van der Waals surface area contributed by atoms with E-state index in [4.69, 9.17) is 9.16 Å². The van der Waals surface area contributed by atoms with Crippen LogP contribution in [0.3, 0.4) is 0 Å². The molecule has 2 aromatic carbocycles. The Hall–Kier alpha value is -1.95. The van der Waals surface area contributed by atoms with Crippen LogP contribution in [0.5, 0.6) is 0 Å². The zero-order valence-corrected chi connectivity index (χ0v) is 21.4. The smallest absolute Gasteiger partial charge is 0.311 e. The van der Waals surface area contributed by atoms with Gasteiger partial charge in [0.2, 0.25) is 0 Å². The number of ether oxygens (including phenoxy) is 1. The van der Waals surface area contributed by atoms with E-state index in [1.54, 1.807) is 0 Å². The van der Waals surface area contributed by atoms with Crippen LogP contribution in [0.2, 0.25) is 5.04 Å². The molecule has 2 saturated carbocycles. The number of hydrogen-bond donors (Lipinski definition) is 1. The largest absolute Gasteiger partial charge is 0.469 e. The fourth-order valence-electron chi connectivity index (χ4n) is 6.45. The van der Waals surface area contributed by atoms with E-state index in [1.165, 1.54) is 17.5 Å². The average Bonchev–Trinajstić information content (AvgIpc) is 3.22. The second-order valence-corrected chi connectivity index (χ2v) is 15.2. The SMILES string of the molecule is COC(=O)C1CCC[C@]2(CC[C@@H](O[Si](c3ccccc3)(c3ccccc3)C(C)(C)C)C2)C1O. The molecule has 1 spiro atoms. The summed E-state index contributed by atoms with van der Waals surface area (Å²) in [7, 11) is -1.22. The van der Waals surface area contributed by atoms with E-state index in [9.17, 15) is 9.90 Å². The van der Waals surface area contributed by atoms with Gasteiger partial charge in [0.25, 0.3) is 8.32 Å². The minimum absolute atomic E-state index is 0.0577. The van der Waals surface area contributed by atoms with Gasteiger partial charge in [-0.15, -0.1) is 0 Å². The molecule has 0 radical (unpaired) electrons. The van der Waals surface area contributed by atoms with Crippen molar-refractivity contribution in [1.82, 2.24) is 0 Å². The van der Waals surface area contributed by atoms with Crippen LogP contribution in [-0.2, 0) is 14.0 Å². The third kappa shape index (κ3) is 4.31. The Balaban J connectivity index is 1.69. The molecule has 2 aromatic rings. The summed E-state index contributed by atoms with van der Waals surface area (Å²) in [5, 5.41) is 13.8. The lowest BCUT2D eigenvalue weighted by molar-refractivity contribution is -0.158. The molecule has 2 aliphatic carbocycles. The van der Waals surface area contributed by atoms with Crippen molar-refractivity contribution in [3.63, 3.8) is 0 Å². The van der Waals surface area contributed by atoms with Crippen LogP contribution in [0.1, 0.15) is 59.3 Å². The fraction of sp³-hybridized carbons (Fsp3) is 0.536. The molecule has 2 unspecified atom stereocenters. The Bertz CT molecular complexity index is 900. The molecule has 33 heavy (non-hydrogen) atoms. The first kappa shape index (κ1) is 24.2. The molecular formula is C28H38O4Si. The predicted octanol–water partition coefficient (Wildman–Crippen LogP) is 4.44. The van der Waals surface area contributed by atoms with E-state index in [1.807, 2.05) is 0 Å². The highest BCUT2D eigenvalue weighted by atomic mass is 28.4. The van der Waals surface area contributed by atoms with Crippen LogP contribution in [0.25, 0.3) is 0 Å². The van der Waals surface area contributed by atoms with E-state index >= 15 is 0 Å². The Morgan fingerprint density at radius 1 is 0.970 bits per heavy atom. The second kappa shape index (κ2) is 9.36. The van der Waals surface area contributed by atoms with Gasteiger partial charge in [-0.25, -0.2) is 0 Å². The molecule has 0 saturated heterocycles. The highest BCUT2D eigenvalue weighted by Crippen LogP contribution is 2.53. The number of methoxy groups -OCH3 is 1. The first-order chi connectivity index (χ1) is 15.7. The zero-order chi connectivity index (χ0) is 23.7. The molecule has 1 N–H and O–H groups in total. The molecule has 0 amide bonds. The van der Waals surface area contributed by atoms with Gasteiger partial charge in [0.1, 0.15) is 0 Å². The van der Waals surface area contributed by atoms with Crippen molar-refractivity contribution in [3.8, 4) is 0 Å². The third-order valence-electron chi connectivity index (χ3n) is 8.06. The van der Waals surface area contributed by atoms with Crippen LogP contribution in [0, 0.1) is 11.3 Å². The molecule has 2 fully saturated rings. The normalized spacial score (nSPS) is 28.1. The van der Waals surface area contributed by atoms with Crippen molar-refractivity contribution in [2.45, 2.75) is 76.5 Å². The molecule has 4 atom stereocenters. The van der Waals surface area contributed by atoms with Crippen LogP contribution in [-0.4, -0.2) is 38.7 Å². The molecule has 5 heteroatoms. The Morgan fingerprint density at radius 2 is 1.55 bits per heavy atom. The number of esters is 1. The number of aliphatic hydroxyl groups excluding tert-OH is 1. The molecule has 2 aliphatic rings. The minimum atomic E-state index is -2.64. The average molecular weight is 467 g/mol. The zero-order valence-electron chi connectivity index (χ0n) is 20.4. The van der Waals surface area contributed by atoms with Crippen molar-refractivity contribution >= 4 is 24.7 Å². The highest BCUT2D eigenvalue weighted by molar-refractivity contribution is 6.99. The summed E-state index contributed by atoms with van der Waals surface area (Å²) in [5.41, 5.74) is -0.257. The van der Waals surface area contributed by atoms with Crippen molar-refractivity contribution in [2.75, 3.05) is 7.11 Å². The maximum atomic E-state index is 12.3. The van der Waals surface area contributed by atoms with Crippen LogP contribution in [0.15, 0.2) is 60.7 Å². The van der Waals surface area contributed by atoms with Gasteiger partial charge < -0.3 is 14.3 Å². The molecule has 178 valence electrons. The number of hydrogen-bond acceptors (Lipinski definition) is 4. The number of benzene rings is 2. The molecule has 0 heterocycles. The Labute approximate surface area is 199 Å². The lowest BCUT2D eigenvalue weighted by Gasteiger charge is -2.46. The standard InChI is InChI=1S/C28H38O4Si/c1-27(2,3)33(22-12-7-5-8-13-22,23-14-9-6-10-15-23)32-21-17-19-28(20-21)18-11-16-24(25(28)29)26(30)31-4/h5-10,12-15,21,24-25,29H,11,16-20H2,1-4H3/t21-,24?,25?,28-/m1/s1. The first-order valence-corrected chi connectivity index (χ1v) is 14.2. The summed E-state index contributed by atoms with van der Waals surface area (Å²) in [5.74, 6) is -0.701. The summed E-state index contributed by atoms with van der Waals surface area (Å²) in [6.45, 7) is 6.89. The van der Waals surface area contributed by atoms with E-state index in [-0.39, 0.29) is 22.5 Å². The van der Waals surface area contributed by atoms with Crippen LogP contribution in [0.4, 0.5) is 0 Å². The minimum Gasteiger partial charge on any atom is -0.469 e. The summed E-state index contributed by atoms with van der Waals surface area (Å²) in [6, 6.07) is 21.4. The maximum Gasteiger partial charge on any atom is 0.311 e. The van der Waals surface area contributed by atoms with Crippen LogP contribution < -0.4 is 10.4 Å². The number of aliphatic hydroxyl groups is 1. The number of carbonyl (C=O) groups excluding carboxylic acids is 1. The summed E-state index contributed by atoms with van der Waals surface area (Å²) in [6.07, 6.45) is 4.60. The van der Waals surface area contributed by atoms with E-state index in [0.717, 1.165) is 32.1 Å². The van der Waals surface area contributed by atoms with Gasteiger partial charge in [-0.1, -0.05) is 87.9 Å². The van der Waals surface area contributed by atoms with Gasteiger partial charge in [-0.2, -0.15) is 0 Å². The fourth-order valence-corrected chi connectivity index (χ4v) is 11.2. The van der Waals surface area contributed by atoms with Crippen molar-refractivity contribution in [2.24, 2.45) is 11.3 Å². The van der Waals surface area contributed by atoms with Crippen molar-refractivity contribution in [3.05, 3.63) is 60.7 Å². The molecule has 0 aliphatic heterocycles. The van der Waals surface area contributed by atoms with Gasteiger partial charge in [-0.3, -0.25) is 4.79 Å². The quantitative estimate of drug-likeness (QED) is 0.523. The Morgan fingerprint density at radius 3 is 2.06 bits per heavy atom. The van der Waals surface area contributed by atoms with Crippen molar-refractivity contribution in [1.29, 1.82) is 0 Å². The predicted molar refractivity (Wildman–Crippen MR) is 134 cm³/mol. The van der Waals surface area contributed by atoms with Gasteiger partial charge >= 0.3 is 5.97 Å². The maximum absolute atomic E-state index is 12.3. The molecule has 4 rings (SSSR count). The summed E-state index contributed by atoms with van der Waals surface area (Å²) >= 11 is 0. The number of rotatable bonds is 5. The van der Waals surface area contributed by atoms with E-state index in [2.05, 4.69) is 81.4 Å². The third-order valence-corrected chi connectivity index (χ3v) is 13.2. The highest BCUT2D eigenvalue weighted by Gasteiger charge is 2.56. The molecule has 4 nitrogen and oxygen atoms in total. The lowest BCUT2D eigenvalue weighted by Crippen LogP contribution is -2.67.